The number of ether oxygens (including phenoxy) is 1. The highest BCUT2D eigenvalue weighted by atomic mass is 35.5. The fourth-order valence-corrected chi connectivity index (χ4v) is 3.29. The third kappa shape index (κ3) is 3.55. The Morgan fingerprint density at radius 2 is 1.95 bits per heavy atom. The number of rotatable bonds is 5. The summed E-state index contributed by atoms with van der Waals surface area (Å²) in [5.74, 6) is 0.128. The third-order valence-electron chi connectivity index (χ3n) is 3.95. The molecule has 0 saturated heterocycles. The second-order valence-electron chi connectivity index (χ2n) is 5.32. The predicted octanol–water partition coefficient (Wildman–Crippen LogP) is 4.84. The molecule has 0 aromatic heterocycles. The Balaban J connectivity index is 2.18. The standard InChI is InChI=1S/C16H20Cl2O2/c1-2-20-16(8-4-3-5-9-16)15(19)11-12-10-13(17)6-7-14(12)18/h6-7,10H,2-5,8-9,11H2,1H3. The van der Waals surface area contributed by atoms with Gasteiger partial charge in [-0.05, 0) is 43.5 Å². The van der Waals surface area contributed by atoms with Crippen LogP contribution < -0.4 is 0 Å². The number of carbonyl (C=O) groups excluding carboxylic acids is 1. The van der Waals surface area contributed by atoms with Gasteiger partial charge in [0.1, 0.15) is 5.60 Å². The van der Waals surface area contributed by atoms with Gasteiger partial charge in [-0.25, -0.2) is 0 Å². The lowest BCUT2D eigenvalue weighted by Crippen LogP contribution is -2.44. The van der Waals surface area contributed by atoms with Crippen molar-refractivity contribution in [1.82, 2.24) is 0 Å². The van der Waals surface area contributed by atoms with Gasteiger partial charge in [-0.3, -0.25) is 4.79 Å². The number of ketones is 1. The second kappa shape index (κ2) is 6.93. The molecule has 0 radical (unpaired) electrons. The molecule has 0 bridgehead atoms. The van der Waals surface area contributed by atoms with Crippen molar-refractivity contribution in [3.63, 3.8) is 0 Å². The van der Waals surface area contributed by atoms with Gasteiger partial charge in [-0.1, -0.05) is 42.5 Å². The number of Topliss-reactive ketones (excluding diaryl/α,β-unsaturated/α-hetero) is 1. The van der Waals surface area contributed by atoms with Crippen LogP contribution in [0.25, 0.3) is 0 Å². The Bertz CT molecular complexity index is 474. The van der Waals surface area contributed by atoms with Crippen LogP contribution in [0.5, 0.6) is 0 Å². The lowest BCUT2D eigenvalue weighted by molar-refractivity contribution is -0.148. The number of hydrogen-bond donors (Lipinski definition) is 0. The maximum absolute atomic E-state index is 12.7. The highest BCUT2D eigenvalue weighted by Gasteiger charge is 2.39. The van der Waals surface area contributed by atoms with Crippen molar-refractivity contribution in [2.45, 2.75) is 51.0 Å². The van der Waals surface area contributed by atoms with E-state index in [0.717, 1.165) is 31.2 Å². The van der Waals surface area contributed by atoms with Crippen molar-refractivity contribution >= 4 is 29.0 Å². The summed E-state index contributed by atoms with van der Waals surface area (Å²) in [6.45, 7) is 2.50. The number of halogens is 2. The largest absolute Gasteiger partial charge is 0.367 e. The molecule has 0 unspecified atom stereocenters. The Labute approximate surface area is 130 Å². The highest BCUT2D eigenvalue weighted by molar-refractivity contribution is 6.33. The highest BCUT2D eigenvalue weighted by Crippen LogP contribution is 2.34. The summed E-state index contributed by atoms with van der Waals surface area (Å²) in [6, 6.07) is 5.24. The molecule has 1 aliphatic carbocycles. The van der Waals surface area contributed by atoms with Crippen LogP contribution >= 0.6 is 23.2 Å². The van der Waals surface area contributed by atoms with E-state index >= 15 is 0 Å². The van der Waals surface area contributed by atoms with Crippen LogP contribution in [-0.2, 0) is 16.0 Å². The van der Waals surface area contributed by atoms with Crippen molar-refractivity contribution < 1.29 is 9.53 Å². The molecule has 0 amide bonds. The van der Waals surface area contributed by atoms with Crippen LogP contribution in [0.3, 0.4) is 0 Å². The fourth-order valence-electron chi connectivity index (χ4n) is 2.92. The van der Waals surface area contributed by atoms with Gasteiger partial charge in [-0.15, -0.1) is 0 Å². The van der Waals surface area contributed by atoms with Crippen molar-refractivity contribution in [2.75, 3.05) is 6.61 Å². The molecule has 1 fully saturated rings. The Hall–Kier alpha value is -0.570. The van der Waals surface area contributed by atoms with Crippen LogP contribution in [0.4, 0.5) is 0 Å². The van der Waals surface area contributed by atoms with Crippen molar-refractivity contribution in [3.8, 4) is 0 Å². The quantitative estimate of drug-likeness (QED) is 0.777. The van der Waals surface area contributed by atoms with Gasteiger partial charge in [-0.2, -0.15) is 0 Å². The summed E-state index contributed by atoms with van der Waals surface area (Å²) in [6.07, 6.45) is 5.21. The zero-order chi connectivity index (χ0) is 14.6. The van der Waals surface area contributed by atoms with E-state index < -0.39 is 5.60 Å². The molecular formula is C16H20Cl2O2. The molecule has 0 atom stereocenters. The van der Waals surface area contributed by atoms with Gasteiger partial charge in [0, 0.05) is 23.1 Å². The first-order valence-electron chi connectivity index (χ1n) is 7.18. The molecule has 0 heterocycles. The maximum atomic E-state index is 12.7. The number of carbonyl (C=O) groups is 1. The van der Waals surface area contributed by atoms with Gasteiger partial charge in [0.05, 0.1) is 0 Å². The molecule has 4 heteroatoms. The van der Waals surface area contributed by atoms with Crippen LogP contribution in [0.2, 0.25) is 10.0 Å². The fraction of sp³-hybridized carbons (Fsp3) is 0.562. The summed E-state index contributed by atoms with van der Waals surface area (Å²) < 4.78 is 5.85. The van der Waals surface area contributed by atoms with Crippen molar-refractivity contribution in [2.24, 2.45) is 0 Å². The molecule has 1 aromatic carbocycles. The Morgan fingerprint density at radius 1 is 1.25 bits per heavy atom. The Kier molecular flexibility index (Phi) is 5.48. The van der Waals surface area contributed by atoms with Crippen LogP contribution in [0.1, 0.15) is 44.6 Å². The molecule has 2 rings (SSSR count). The third-order valence-corrected chi connectivity index (χ3v) is 4.55. The van der Waals surface area contributed by atoms with Gasteiger partial charge >= 0.3 is 0 Å². The summed E-state index contributed by atoms with van der Waals surface area (Å²) in [5, 5.41) is 1.19. The molecule has 2 nitrogen and oxygen atoms in total. The molecule has 0 aliphatic heterocycles. The van der Waals surface area contributed by atoms with E-state index in [-0.39, 0.29) is 5.78 Å². The molecule has 0 N–H and O–H groups in total. The van der Waals surface area contributed by atoms with Crippen LogP contribution in [-0.4, -0.2) is 18.0 Å². The minimum atomic E-state index is -0.612. The normalized spacial score (nSPS) is 17.9. The molecule has 1 aromatic rings. The topological polar surface area (TPSA) is 26.3 Å². The summed E-state index contributed by atoms with van der Waals surface area (Å²) in [5.41, 5.74) is 0.173. The van der Waals surface area contributed by atoms with Gasteiger partial charge < -0.3 is 4.74 Å². The predicted molar refractivity (Wildman–Crippen MR) is 82.6 cm³/mol. The average Bonchev–Trinajstić information content (AvgIpc) is 2.44. The monoisotopic (exact) mass is 314 g/mol. The maximum Gasteiger partial charge on any atom is 0.169 e. The van der Waals surface area contributed by atoms with E-state index in [1.54, 1.807) is 18.2 Å². The van der Waals surface area contributed by atoms with Gasteiger partial charge in [0.15, 0.2) is 5.78 Å². The average molecular weight is 315 g/mol. The smallest absolute Gasteiger partial charge is 0.169 e. The molecule has 0 spiro atoms. The van der Waals surface area contributed by atoms with E-state index in [0.29, 0.717) is 23.1 Å². The minimum Gasteiger partial charge on any atom is -0.367 e. The first-order chi connectivity index (χ1) is 9.57. The zero-order valence-corrected chi connectivity index (χ0v) is 13.3. The summed E-state index contributed by atoms with van der Waals surface area (Å²) in [7, 11) is 0. The second-order valence-corrected chi connectivity index (χ2v) is 6.17. The lowest BCUT2D eigenvalue weighted by atomic mass is 9.79. The van der Waals surface area contributed by atoms with Crippen LogP contribution in [0, 0.1) is 0 Å². The Morgan fingerprint density at radius 3 is 2.60 bits per heavy atom. The zero-order valence-electron chi connectivity index (χ0n) is 11.8. The van der Waals surface area contributed by atoms with E-state index in [9.17, 15) is 4.79 Å². The van der Waals surface area contributed by atoms with E-state index in [1.807, 2.05) is 6.92 Å². The molecule has 1 aliphatic rings. The SMILES string of the molecule is CCOC1(C(=O)Cc2cc(Cl)ccc2Cl)CCCCC1. The lowest BCUT2D eigenvalue weighted by Gasteiger charge is -2.35. The van der Waals surface area contributed by atoms with E-state index in [2.05, 4.69) is 0 Å². The van der Waals surface area contributed by atoms with Crippen molar-refractivity contribution in [1.29, 1.82) is 0 Å². The first kappa shape index (κ1) is 15.8. The van der Waals surface area contributed by atoms with E-state index in [1.165, 1.54) is 6.42 Å². The van der Waals surface area contributed by atoms with Gasteiger partial charge in [0.2, 0.25) is 0 Å². The first-order valence-corrected chi connectivity index (χ1v) is 7.94. The molecule has 110 valence electrons. The number of hydrogen-bond acceptors (Lipinski definition) is 2. The molecule has 20 heavy (non-hydrogen) atoms. The molecular weight excluding hydrogens is 295 g/mol. The minimum absolute atomic E-state index is 0.128. The van der Waals surface area contributed by atoms with Gasteiger partial charge in [0.25, 0.3) is 0 Å². The van der Waals surface area contributed by atoms with E-state index in [4.69, 9.17) is 27.9 Å². The molecule has 1 saturated carbocycles. The summed E-state index contributed by atoms with van der Waals surface area (Å²) >= 11 is 12.1. The van der Waals surface area contributed by atoms with Crippen LogP contribution in [0.15, 0.2) is 18.2 Å². The number of benzene rings is 1. The summed E-state index contributed by atoms with van der Waals surface area (Å²) in [4.78, 5) is 12.7. The van der Waals surface area contributed by atoms with Crippen molar-refractivity contribution in [3.05, 3.63) is 33.8 Å².